The molecule has 0 aromatic heterocycles. The van der Waals surface area contributed by atoms with Crippen LogP contribution >= 0.6 is 0 Å². The Hall–Kier alpha value is -5.46. The maximum atomic E-state index is 2.36. The van der Waals surface area contributed by atoms with Gasteiger partial charge in [0.15, 0.2) is 0 Å². The number of hydrogen-bond acceptors (Lipinski definition) is 0. The molecule has 9 rings (SSSR count). The minimum absolute atomic E-state index is 1.25. The summed E-state index contributed by atoms with van der Waals surface area (Å²) in [4.78, 5) is 0. The van der Waals surface area contributed by atoms with Crippen LogP contribution in [0, 0.1) is 0 Å². The molecule has 8 aromatic carbocycles. The Bertz CT molecular complexity index is 2340. The first-order valence-electron chi connectivity index (χ1n) is 14.6. The second-order valence-electron chi connectivity index (χ2n) is 11.4. The number of fused-ring (bicyclic) bond motifs is 5. The van der Waals surface area contributed by atoms with Crippen LogP contribution in [0.1, 0.15) is 0 Å². The molecule has 1 aliphatic carbocycles. The summed E-state index contributed by atoms with van der Waals surface area (Å²) in [6, 6.07) is 58.1. The predicted octanol–water partition coefficient (Wildman–Crippen LogP) is 11.8. The van der Waals surface area contributed by atoms with Crippen molar-refractivity contribution in [2.24, 2.45) is 0 Å². The SMILES string of the molecule is c1ccc(-c2ccc3c(c2)-c2cccc4c(-c5ccc6ccc(-c7ccc8ccccc8c7)cc6c5)ccc-3c24)cc1. The zero-order chi connectivity index (χ0) is 27.6. The van der Waals surface area contributed by atoms with Gasteiger partial charge in [-0.25, -0.2) is 0 Å². The summed E-state index contributed by atoms with van der Waals surface area (Å²) in [5, 5.41) is 7.74. The molecule has 0 unspecified atom stereocenters. The molecule has 0 saturated heterocycles. The molecule has 0 radical (unpaired) electrons. The lowest BCUT2D eigenvalue weighted by Crippen LogP contribution is -1.85. The van der Waals surface area contributed by atoms with E-state index in [1.54, 1.807) is 0 Å². The van der Waals surface area contributed by atoms with Gasteiger partial charge in [0.05, 0.1) is 0 Å². The highest BCUT2D eigenvalue weighted by Crippen LogP contribution is 2.50. The van der Waals surface area contributed by atoms with Gasteiger partial charge in [0, 0.05) is 0 Å². The summed E-state index contributed by atoms with van der Waals surface area (Å²) in [6.45, 7) is 0. The average molecular weight is 531 g/mol. The van der Waals surface area contributed by atoms with Crippen LogP contribution in [0.25, 0.3) is 88.0 Å². The molecule has 0 saturated carbocycles. The van der Waals surface area contributed by atoms with Gasteiger partial charge >= 0.3 is 0 Å². The standard InChI is InChI=1S/C42H26/c1-2-7-27(8-3-1)33-19-20-37-40-22-21-36(38-11-6-12-39(42(38)40)41(37)26-33)34-18-15-29-14-17-32(24-35(29)25-34)31-16-13-28-9-4-5-10-30(28)23-31/h1-26H. The van der Waals surface area contributed by atoms with Crippen molar-refractivity contribution in [2.45, 2.75) is 0 Å². The van der Waals surface area contributed by atoms with Gasteiger partial charge in [-0.1, -0.05) is 133 Å². The zero-order valence-corrected chi connectivity index (χ0v) is 23.0. The molecule has 194 valence electrons. The summed E-state index contributed by atoms with van der Waals surface area (Å²) in [5.41, 5.74) is 12.9. The third-order valence-electron chi connectivity index (χ3n) is 8.98. The molecular weight excluding hydrogens is 504 g/mol. The second-order valence-corrected chi connectivity index (χ2v) is 11.4. The van der Waals surface area contributed by atoms with E-state index in [-0.39, 0.29) is 0 Å². The van der Waals surface area contributed by atoms with E-state index in [4.69, 9.17) is 0 Å². The number of benzene rings is 8. The van der Waals surface area contributed by atoms with Crippen molar-refractivity contribution in [3.8, 4) is 55.6 Å². The van der Waals surface area contributed by atoms with Crippen molar-refractivity contribution < 1.29 is 0 Å². The lowest BCUT2D eigenvalue weighted by molar-refractivity contribution is 1.62. The van der Waals surface area contributed by atoms with Crippen molar-refractivity contribution in [3.05, 3.63) is 158 Å². The van der Waals surface area contributed by atoms with Crippen LogP contribution in [0.3, 0.4) is 0 Å². The monoisotopic (exact) mass is 530 g/mol. The van der Waals surface area contributed by atoms with E-state index in [0.29, 0.717) is 0 Å². The van der Waals surface area contributed by atoms with Gasteiger partial charge in [-0.05, 0) is 112 Å². The molecule has 0 atom stereocenters. The quantitative estimate of drug-likeness (QED) is 0.213. The van der Waals surface area contributed by atoms with E-state index in [2.05, 4.69) is 158 Å². The van der Waals surface area contributed by atoms with E-state index in [1.165, 1.54) is 88.0 Å². The molecule has 0 heteroatoms. The highest BCUT2D eigenvalue weighted by molar-refractivity contribution is 6.19. The van der Waals surface area contributed by atoms with Gasteiger partial charge in [-0.15, -0.1) is 0 Å². The highest BCUT2D eigenvalue weighted by atomic mass is 14.3. The van der Waals surface area contributed by atoms with E-state index in [0.717, 1.165) is 0 Å². The van der Waals surface area contributed by atoms with E-state index < -0.39 is 0 Å². The van der Waals surface area contributed by atoms with Crippen LogP contribution in [-0.2, 0) is 0 Å². The van der Waals surface area contributed by atoms with Crippen LogP contribution < -0.4 is 0 Å². The third kappa shape index (κ3) is 3.56. The molecule has 0 N–H and O–H groups in total. The summed E-state index contributed by atoms with van der Waals surface area (Å²) >= 11 is 0. The summed E-state index contributed by atoms with van der Waals surface area (Å²) < 4.78 is 0. The molecule has 0 fully saturated rings. The first-order chi connectivity index (χ1) is 20.8. The molecule has 0 bridgehead atoms. The first-order valence-corrected chi connectivity index (χ1v) is 14.6. The van der Waals surface area contributed by atoms with Crippen molar-refractivity contribution in [3.63, 3.8) is 0 Å². The molecule has 0 spiro atoms. The predicted molar refractivity (Wildman–Crippen MR) is 180 cm³/mol. The first kappa shape index (κ1) is 23.3. The largest absolute Gasteiger partial charge is 0.0622 e. The summed E-state index contributed by atoms with van der Waals surface area (Å²) in [6.07, 6.45) is 0. The van der Waals surface area contributed by atoms with E-state index >= 15 is 0 Å². The second kappa shape index (κ2) is 9.03. The van der Waals surface area contributed by atoms with Crippen LogP contribution in [0.15, 0.2) is 158 Å². The number of hydrogen-bond donors (Lipinski definition) is 0. The van der Waals surface area contributed by atoms with E-state index in [9.17, 15) is 0 Å². The average Bonchev–Trinajstić information content (AvgIpc) is 3.39. The van der Waals surface area contributed by atoms with Crippen LogP contribution in [0.2, 0.25) is 0 Å². The van der Waals surface area contributed by atoms with Gasteiger partial charge < -0.3 is 0 Å². The Morgan fingerprint density at radius 1 is 0.238 bits per heavy atom. The fraction of sp³-hybridized carbons (Fsp3) is 0. The van der Waals surface area contributed by atoms with Crippen LogP contribution in [0.4, 0.5) is 0 Å². The fourth-order valence-electron chi connectivity index (χ4n) is 6.88. The summed E-state index contributed by atoms with van der Waals surface area (Å²) in [5.74, 6) is 0. The van der Waals surface area contributed by atoms with Gasteiger partial charge in [-0.3, -0.25) is 0 Å². The number of rotatable bonds is 3. The van der Waals surface area contributed by atoms with Crippen molar-refractivity contribution in [1.82, 2.24) is 0 Å². The zero-order valence-electron chi connectivity index (χ0n) is 23.0. The minimum Gasteiger partial charge on any atom is -0.0622 e. The Morgan fingerprint density at radius 3 is 1.64 bits per heavy atom. The van der Waals surface area contributed by atoms with Crippen molar-refractivity contribution >= 4 is 32.3 Å². The molecule has 0 heterocycles. The Morgan fingerprint density at radius 2 is 0.810 bits per heavy atom. The summed E-state index contributed by atoms with van der Waals surface area (Å²) in [7, 11) is 0. The lowest BCUT2D eigenvalue weighted by Gasteiger charge is -2.11. The maximum absolute atomic E-state index is 2.36. The van der Waals surface area contributed by atoms with Crippen molar-refractivity contribution in [1.29, 1.82) is 0 Å². The molecular formula is C42H26. The Kier molecular flexibility index (Phi) is 5.00. The topological polar surface area (TPSA) is 0 Å². The van der Waals surface area contributed by atoms with Gasteiger partial charge in [0.2, 0.25) is 0 Å². The van der Waals surface area contributed by atoms with Gasteiger partial charge in [0.1, 0.15) is 0 Å². The van der Waals surface area contributed by atoms with Crippen molar-refractivity contribution in [2.75, 3.05) is 0 Å². The molecule has 0 nitrogen and oxygen atoms in total. The van der Waals surface area contributed by atoms with Gasteiger partial charge in [-0.2, -0.15) is 0 Å². The Balaban J connectivity index is 1.17. The molecule has 42 heavy (non-hydrogen) atoms. The van der Waals surface area contributed by atoms with Crippen LogP contribution in [0.5, 0.6) is 0 Å². The molecule has 0 aliphatic heterocycles. The highest BCUT2D eigenvalue weighted by Gasteiger charge is 2.23. The Labute approximate surface area is 245 Å². The normalized spacial score (nSPS) is 11.8. The minimum atomic E-state index is 1.25. The fourth-order valence-corrected chi connectivity index (χ4v) is 6.88. The molecule has 1 aliphatic rings. The van der Waals surface area contributed by atoms with Gasteiger partial charge in [0.25, 0.3) is 0 Å². The lowest BCUT2D eigenvalue weighted by atomic mass is 9.92. The smallest absolute Gasteiger partial charge is 0.00201 e. The molecule has 8 aromatic rings. The van der Waals surface area contributed by atoms with Crippen LogP contribution in [-0.4, -0.2) is 0 Å². The maximum Gasteiger partial charge on any atom is -0.00201 e. The molecule has 0 amide bonds. The van der Waals surface area contributed by atoms with E-state index in [1.807, 2.05) is 0 Å². The third-order valence-corrected chi connectivity index (χ3v) is 8.98.